The summed E-state index contributed by atoms with van der Waals surface area (Å²) in [6.45, 7) is 11.7. The van der Waals surface area contributed by atoms with E-state index in [4.69, 9.17) is 0 Å². The normalized spacial score (nSPS) is 14.0. The first-order valence-electron chi connectivity index (χ1n) is 4.23. The van der Waals surface area contributed by atoms with E-state index < -0.39 is 0 Å². The van der Waals surface area contributed by atoms with Gasteiger partial charge in [0.05, 0.1) is 5.71 Å². The van der Waals surface area contributed by atoms with Gasteiger partial charge < -0.3 is 0 Å². The fourth-order valence-electron chi connectivity index (χ4n) is 1.01. The van der Waals surface area contributed by atoms with Crippen molar-refractivity contribution in [3.8, 4) is 0 Å². The van der Waals surface area contributed by atoms with Gasteiger partial charge in [0.25, 0.3) is 0 Å². The van der Waals surface area contributed by atoms with Crippen LogP contribution in [-0.2, 0) is 0 Å². The van der Waals surface area contributed by atoms with E-state index in [9.17, 15) is 0 Å². The predicted octanol–water partition coefficient (Wildman–Crippen LogP) is 3.84. The fraction of sp³-hybridized carbons (Fsp3) is 0.500. The van der Waals surface area contributed by atoms with E-state index in [0.717, 1.165) is 5.71 Å². The molecule has 0 fully saturated rings. The highest BCUT2D eigenvalue weighted by atomic mass is 32.2. The lowest BCUT2D eigenvalue weighted by molar-refractivity contribution is 0.670. The first kappa shape index (κ1) is 11.5. The monoisotopic (exact) mass is 183 g/mol. The third-order valence-corrected chi connectivity index (χ3v) is 2.13. The summed E-state index contributed by atoms with van der Waals surface area (Å²) >= 11 is 1.38. The largest absolute Gasteiger partial charge is 0.216 e. The minimum atomic E-state index is 0.514. The first-order chi connectivity index (χ1) is 5.76. The molecule has 0 heterocycles. The Labute approximate surface area is 79.8 Å². The van der Waals surface area contributed by atoms with Crippen molar-refractivity contribution in [2.75, 3.05) is 0 Å². The minimum Gasteiger partial charge on any atom is -0.216 e. The van der Waals surface area contributed by atoms with Crippen LogP contribution in [0.3, 0.4) is 0 Å². The van der Waals surface area contributed by atoms with E-state index in [1.807, 2.05) is 6.08 Å². The van der Waals surface area contributed by atoms with Gasteiger partial charge in [-0.3, -0.25) is 0 Å². The molecule has 0 aliphatic carbocycles. The van der Waals surface area contributed by atoms with E-state index in [1.54, 1.807) is 5.41 Å². The van der Waals surface area contributed by atoms with Gasteiger partial charge in [0.1, 0.15) is 0 Å². The van der Waals surface area contributed by atoms with E-state index in [2.05, 4.69) is 31.4 Å². The van der Waals surface area contributed by atoms with Crippen molar-refractivity contribution in [3.05, 3.63) is 24.6 Å². The zero-order chi connectivity index (χ0) is 9.40. The van der Waals surface area contributed by atoms with Crippen LogP contribution in [0.1, 0.15) is 26.7 Å². The molecule has 2 heteroatoms. The second-order valence-electron chi connectivity index (χ2n) is 2.68. The van der Waals surface area contributed by atoms with Crippen molar-refractivity contribution in [2.24, 2.45) is 10.3 Å². The van der Waals surface area contributed by atoms with Gasteiger partial charge in [-0.1, -0.05) is 33.4 Å². The molecule has 0 aromatic carbocycles. The second kappa shape index (κ2) is 7.17. The quantitative estimate of drug-likeness (QED) is 0.450. The number of allylic oxidation sites excluding steroid dienone is 1. The standard InChI is InChI=1S/C10H17NS/c1-5-8-9(4)10(6-2)11-12-7-3/h6-7,9H,2-3,5,8H2,1,4H3. The number of hydrogen-bond acceptors (Lipinski definition) is 2. The van der Waals surface area contributed by atoms with Gasteiger partial charge in [0.15, 0.2) is 0 Å². The smallest absolute Gasteiger partial charge is 0.0513 e. The summed E-state index contributed by atoms with van der Waals surface area (Å²) in [5, 5.41) is 1.72. The molecule has 12 heavy (non-hydrogen) atoms. The van der Waals surface area contributed by atoms with Crippen molar-refractivity contribution < 1.29 is 0 Å². The lowest BCUT2D eigenvalue weighted by Crippen LogP contribution is -2.06. The molecule has 1 unspecified atom stereocenters. The van der Waals surface area contributed by atoms with Gasteiger partial charge in [-0.05, 0) is 23.8 Å². The molecule has 0 aliphatic rings. The summed E-state index contributed by atoms with van der Waals surface area (Å²) in [5.74, 6) is 0.514. The van der Waals surface area contributed by atoms with Crippen LogP contribution < -0.4 is 0 Å². The first-order valence-corrected chi connectivity index (χ1v) is 5.06. The Morgan fingerprint density at radius 1 is 1.58 bits per heavy atom. The zero-order valence-corrected chi connectivity index (χ0v) is 8.73. The van der Waals surface area contributed by atoms with Crippen molar-refractivity contribution in [1.29, 1.82) is 0 Å². The summed E-state index contributed by atoms with van der Waals surface area (Å²) in [6, 6.07) is 0. The molecule has 0 saturated heterocycles. The Kier molecular flexibility index (Phi) is 6.87. The zero-order valence-electron chi connectivity index (χ0n) is 7.92. The third-order valence-electron chi connectivity index (χ3n) is 1.67. The SMILES string of the molecule is C=CSN=C(C=C)C(C)CCC. The molecular weight excluding hydrogens is 166 g/mol. The Hall–Kier alpha value is -0.500. The topological polar surface area (TPSA) is 12.4 Å². The van der Waals surface area contributed by atoms with Crippen LogP contribution in [0.15, 0.2) is 29.0 Å². The molecule has 0 aliphatic heterocycles. The van der Waals surface area contributed by atoms with E-state index in [1.165, 1.54) is 24.8 Å². The summed E-state index contributed by atoms with van der Waals surface area (Å²) < 4.78 is 4.28. The maximum Gasteiger partial charge on any atom is 0.0513 e. The molecule has 1 nitrogen and oxygen atoms in total. The van der Waals surface area contributed by atoms with E-state index in [-0.39, 0.29) is 0 Å². The summed E-state index contributed by atoms with van der Waals surface area (Å²) in [6.07, 6.45) is 4.19. The van der Waals surface area contributed by atoms with Crippen LogP contribution in [-0.4, -0.2) is 5.71 Å². The van der Waals surface area contributed by atoms with Crippen molar-refractivity contribution in [1.82, 2.24) is 0 Å². The molecule has 0 saturated carbocycles. The molecule has 0 aromatic heterocycles. The molecule has 0 radical (unpaired) electrons. The van der Waals surface area contributed by atoms with Gasteiger partial charge >= 0.3 is 0 Å². The van der Waals surface area contributed by atoms with Crippen LogP contribution in [0.2, 0.25) is 0 Å². The summed E-state index contributed by atoms with van der Waals surface area (Å²) in [4.78, 5) is 0. The number of hydrogen-bond donors (Lipinski definition) is 0. The van der Waals surface area contributed by atoms with Gasteiger partial charge in [-0.2, -0.15) is 0 Å². The molecule has 0 amide bonds. The van der Waals surface area contributed by atoms with Crippen molar-refractivity contribution in [2.45, 2.75) is 26.7 Å². The molecule has 0 rings (SSSR count). The van der Waals surface area contributed by atoms with E-state index >= 15 is 0 Å². The van der Waals surface area contributed by atoms with Crippen LogP contribution >= 0.6 is 11.9 Å². The van der Waals surface area contributed by atoms with Crippen molar-refractivity contribution >= 4 is 17.7 Å². The second-order valence-corrected chi connectivity index (χ2v) is 3.41. The van der Waals surface area contributed by atoms with Gasteiger partial charge in [-0.15, -0.1) is 0 Å². The molecule has 0 bridgehead atoms. The van der Waals surface area contributed by atoms with Gasteiger partial charge in [0.2, 0.25) is 0 Å². The molecular formula is C10H17NS. The van der Waals surface area contributed by atoms with Crippen LogP contribution in [0.4, 0.5) is 0 Å². The minimum absolute atomic E-state index is 0.514. The number of nitrogens with zero attached hydrogens (tertiary/aromatic N) is 1. The van der Waals surface area contributed by atoms with Gasteiger partial charge in [-0.25, -0.2) is 4.40 Å². The summed E-state index contributed by atoms with van der Waals surface area (Å²) in [7, 11) is 0. The molecule has 0 spiro atoms. The lowest BCUT2D eigenvalue weighted by Gasteiger charge is -2.08. The Morgan fingerprint density at radius 2 is 2.25 bits per heavy atom. The Balaban J connectivity index is 4.11. The highest BCUT2D eigenvalue weighted by Gasteiger charge is 2.04. The summed E-state index contributed by atoms with van der Waals surface area (Å²) in [5.41, 5.74) is 1.07. The fourth-order valence-corrected chi connectivity index (χ4v) is 1.46. The molecule has 1 atom stereocenters. The Bertz CT molecular complexity index is 173. The third kappa shape index (κ3) is 4.39. The van der Waals surface area contributed by atoms with Crippen LogP contribution in [0.5, 0.6) is 0 Å². The lowest BCUT2D eigenvalue weighted by atomic mass is 10.0. The molecule has 0 aromatic rings. The van der Waals surface area contributed by atoms with Crippen LogP contribution in [0, 0.1) is 5.92 Å². The molecule has 0 N–H and O–H groups in total. The van der Waals surface area contributed by atoms with Crippen molar-refractivity contribution in [3.63, 3.8) is 0 Å². The average Bonchev–Trinajstić information content (AvgIpc) is 2.06. The van der Waals surface area contributed by atoms with Gasteiger partial charge in [0, 0.05) is 11.9 Å². The van der Waals surface area contributed by atoms with E-state index in [0.29, 0.717) is 5.92 Å². The maximum absolute atomic E-state index is 4.28. The highest BCUT2D eigenvalue weighted by molar-refractivity contribution is 8.01. The van der Waals surface area contributed by atoms with Crippen LogP contribution in [0.25, 0.3) is 0 Å². The highest BCUT2D eigenvalue weighted by Crippen LogP contribution is 2.13. The molecule has 68 valence electrons. The Morgan fingerprint density at radius 3 is 2.67 bits per heavy atom. The maximum atomic E-state index is 4.28. The number of rotatable bonds is 6. The average molecular weight is 183 g/mol. The predicted molar refractivity (Wildman–Crippen MR) is 59.5 cm³/mol.